The third-order valence-electron chi connectivity index (χ3n) is 6.42. The predicted octanol–water partition coefficient (Wildman–Crippen LogP) is 4.71. The zero-order chi connectivity index (χ0) is 22.1. The number of rotatable bonds is 5. The number of benzene rings is 2. The summed E-state index contributed by atoms with van der Waals surface area (Å²) in [4.78, 5) is 20.8. The van der Waals surface area contributed by atoms with Crippen LogP contribution in [-0.2, 0) is 0 Å². The molecule has 7 heteroatoms. The van der Waals surface area contributed by atoms with Gasteiger partial charge in [0.05, 0.1) is 12.1 Å². The van der Waals surface area contributed by atoms with Gasteiger partial charge >= 0.3 is 0 Å². The van der Waals surface area contributed by atoms with Gasteiger partial charge in [-0.15, -0.1) is 0 Å². The minimum Gasteiger partial charge on any atom is -0.344 e. The minimum atomic E-state index is -0.270. The van der Waals surface area contributed by atoms with Crippen molar-refractivity contribution < 1.29 is 9.18 Å². The number of likely N-dealkylation sites (tertiary alicyclic amines) is 1. The molecule has 32 heavy (non-hydrogen) atoms. The number of pyridine rings is 1. The van der Waals surface area contributed by atoms with Crippen LogP contribution in [0.15, 0.2) is 76.8 Å². The standard InChI is InChI=1S/C25H21FN4OS/c26-20-5-7-21(8-6-20)32-23-10-12-28-13-22(23)17-1-3-18(4-2-17)24(31)29-25-11-9-19(25)14-30(15-25)16-27/h1-8,10,12-13,19H,9,11,14-15H2,(H,29,31)/t19?,25-/m0/s1. The van der Waals surface area contributed by atoms with Crippen LogP contribution in [-0.4, -0.2) is 34.4 Å². The highest BCUT2D eigenvalue weighted by atomic mass is 32.2. The fourth-order valence-electron chi connectivity index (χ4n) is 4.54. The van der Waals surface area contributed by atoms with Crippen LogP contribution in [0.4, 0.5) is 4.39 Å². The van der Waals surface area contributed by atoms with E-state index in [0.717, 1.165) is 40.3 Å². The van der Waals surface area contributed by atoms with Crippen LogP contribution in [0.5, 0.6) is 0 Å². The number of fused-ring (bicyclic) bond motifs is 1. The Hall–Kier alpha value is -3.37. The van der Waals surface area contributed by atoms with Gasteiger partial charge in [0.25, 0.3) is 5.91 Å². The highest BCUT2D eigenvalue weighted by molar-refractivity contribution is 7.99. The first-order chi connectivity index (χ1) is 15.6. The summed E-state index contributed by atoms with van der Waals surface area (Å²) in [6, 6.07) is 15.8. The Kier molecular flexibility index (Phi) is 5.32. The van der Waals surface area contributed by atoms with Crippen LogP contribution in [0.1, 0.15) is 23.2 Å². The van der Waals surface area contributed by atoms with E-state index in [4.69, 9.17) is 0 Å². The van der Waals surface area contributed by atoms with E-state index >= 15 is 0 Å². The zero-order valence-corrected chi connectivity index (χ0v) is 18.1. The Labute approximate surface area is 190 Å². The third kappa shape index (κ3) is 3.82. The first-order valence-corrected chi connectivity index (χ1v) is 11.3. The van der Waals surface area contributed by atoms with E-state index in [1.165, 1.54) is 12.1 Å². The van der Waals surface area contributed by atoms with E-state index in [2.05, 4.69) is 16.5 Å². The number of carbonyl (C=O) groups excluding carboxylic acids is 1. The van der Waals surface area contributed by atoms with Crippen molar-refractivity contribution in [2.24, 2.45) is 5.92 Å². The van der Waals surface area contributed by atoms with Gasteiger partial charge in [-0.25, -0.2) is 4.39 Å². The molecule has 5 rings (SSSR count). The molecule has 2 heterocycles. The molecule has 2 aromatic carbocycles. The van der Waals surface area contributed by atoms with E-state index in [9.17, 15) is 14.4 Å². The van der Waals surface area contributed by atoms with Crippen molar-refractivity contribution in [1.29, 1.82) is 5.26 Å². The Morgan fingerprint density at radius 2 is 1.97 bits per heavy atom. The molecule has 1 amide bonds. The molecule has 0 radical (unpaired) electrons. The van der Waals surface area contributed by atoms with Gasteiger partial charge in [-0.3, -0.25) is 9.78 Å². The maximum atomic E-state index is 13.2. The van der Waals surface area contributed by atoms with E-state index in [-0.39, 0.29) is 17.3 Å². The summed E-state index contributed by atoms with van der Waals surface area (Å²) in [5, 5.41) is 12.4. The Balaban J connectivity index is 1.33. The van der Waals surface area contributed by atoms with E-state index in [0.29, 0.717) is 18.0 Å². The molecule has 3 aromatic rings. The number of nitriles is 1. The Bertz CT molecular complexity index is 1190. The second-order valence-corrected chi connectivity index (χ2v) is 9.45. The van der Waals surface area contributed by atoms with Gasteiger partial charge in [-0.05, 0) is 60.9 Å². The molecule has 1 unspecified atom stereocenters. The van der Waals surface area contributed by atoms with Gasteiger partial charge < -0.3 is 10.2 Å². The fourth-order valence-corrected chi connectivity index (χ4v) is 5.47. The molecule has 1 aliphatic heterocycles. The number of hydrogen-bond acceptors (Lipinski definition) is 5. The van der Waals surface area contributed by atoms with E-state index in [1.807, 2.05) is 30.3 Å². The number of carbonyl (C=O) groups is 1. The van der Waals surface area contributed by atoms with Crippen molar-refractivity contribution in [2.45, 2.75) is 28.2 Å². The van der Waals surface area contributed by atoms with Crippen LogP contribution >= 0.6 is 11.8 Å². The van der Waals surface area contributed by atoms with Crippen molar-refractivity contribution in [2.75, 3.05) is 13.1 Å². The molecule has 1 aliphatic carbocycles. The molecule has 1 N–H and O–H groups in total. The van der Waals surface area contributed by atoms with Crippen LogP contribution in [0, 0.1) is 23.2 Å². The second kappa shape index (κ2) is 8.29. The molecule has 2 atom stereocenters. The normalized spacial score (nSPS) is 21.4. The summed E-state index contributed by atoms with van der Waals surface area (Å²) in [5.74, 6) is -0.0104. The highest BCUT2D eigenvalue weighted by Gasteiger charge is 2.54. The lowest BCUT2D eigenvalue weighted by Crippen LogP contribution is -2.60. The lowest BCUT2D eigenvalue weighted by molar-refractivity contribution is 0.0762. The minimum absolute atomic E-state index is 0.104. The predicted molar refractivity (Wildman–Crippen MR) is 120 cm³/mol. The maximum absolute atomic E-state index is 13.2. The van der Waals surface area contributed by atoms with Gasteiger partial charge in [0.15, 0.2) is 6.19 Å². The smallest absolute Gasteiger partial charge is 0.251 e. The number of aromatic nitrogens is 1. The molecular formula is C25H21FN4OS. The average Bonchev–Trinajstić information content (AvgIpc) is 3.05. The van der Waals surface area contributed by atoms with E-state index < -0.39 is 0 Å². The van der Waals surface area contributed by atoms with Crippen LogP contribution in [0.2, 0.25) is 0 Å². The first kappa shape index (κ1) is 20.5. The molecule has 0 bridgehead atoms. The van der Waals surface area contributed by atoms with Gasteiger partial charge in [-0.1, -0.05) is 23.9 Å². The summed E-state index contributed by atoms with van der Waals surface area (Å²) in [6.45, 7) is 1.32. The van der Waals surface area contributed by atoms with Gasteiger partial charge in [-0.2, -0.15) is 5.26 Å². The molecule has 5 nitrogen and oxygen atoms in total. The second-order valence-electron chi connectivity index (χ2n) is 8.33. The van der Waals surface area contributed by atoms with Crippen LogP contribution in [0.25, 0.3) is 11.1 Å². The summed E-state index contributed by atoms with van der Waals surface area (Å²) >= 11 is 1.54. The fraction of sp³-hybridized carbons (Fsp3) is 0.240. The van der Waals surface area contributed by atoms with Gasteiger partial charge in [0.1, 0.15) is 5.82 Å². The van der Waals surface area contributed by atoms with Crippen molar-refractivity contribution in [3.8, 4) is 17.3 Å². The molecule has 1 saturated carbocycles. The van der Waals surface area contributed by atoms with Crippen molar-refractivity contribution in [3.63, 3.8) is 0 Å². The molecule has 1 saturated heterocycles. The summed E-state index contributed by atoms with van der Waals surface area (Å²) in [5.41, 5.74) is 2.23. The lowest BCUT2D eigenvalue weighted by Gasteiger charge is -2.44. The van der Waals surface area contributed by atoms with Crippen molar-refractivity contribution >= 4 is 17.7 Å². The summed E-state index contributed by atoms with van der Waals surface area (Å²) in [7, 11) is 0. The third-order valence-corrected chi connectivity index (χ3v) is 7.50. The van der Waals surface area contributed by atoms with Gasteiger partial charge in [0.2, 0.25) is 0 Å². The maximum Gasteiger partial charge on any atom is 0.251 e. The first-order valence-electron chi connectivity index (χ1n) is 10.5. The number of nitrogens with one attached hydrogen (secondary N) is 1. The SMILES string of the molecule is N#CN1CC2CC[C@]2(NC(=O)c2ccc(-c3cnccc3Sc3ccc(F)cc3)cc2)C1. The Morgan fingerprint density at radius 3 is 2.66 bits per heavy atom. The number of amides is 1. The highest BCUT2D eigenvalue weighted by Crippen LogP contribution is 2.44. The average molecular weight is 445 g/mol. The van der Waals surface area contributed by atoms with Gasteiger partial charge in [0, 0.05) is 45.8 Å². The lowest BCUT2D eigenvalue weighted by atomic mass is 9.69. The Morgan fingerprint density at radius 1 is 1.19 bits per heavy atom. The molecular weight excluding hydrogens is 423 g/mol. The monoisotopic (exact) mass is 444 g/mol. The quantitative estimate of drug-likeness (QED) is 0.577. The number of hydrogen-bond donors (Lipinski definition) is 1. The largest absolute Gasteiger partial charge is 0.344 e. The number of halogens is 1. The molecule has 1 aromatic heterocycles. The van der Waals surface area contributed by atoms with E-state index in [1.54, 1.807) is 41.2 Å². The molecule has 160 valence electrons. The molecule has 2 aliphatic rings. The topological polar surface area (TPSA) is 69.0 Å². The van der Waals surface area contributed by atoms with Crippen molar-refractivity contribution in [1.82, 2.24) is 15.2 Å². The van der Waals surface area contributed by atoms with Crippen LogP contribution < -0.4 is 5.32 Å². The molecule has 0 spiro atoms. The van der Waals surface area contributed by atoms with Crippen molar-refractivity contribution in [3.05, 3.63) is 78.4 Å². The molecule has 2 fully saturated rings. The number of nitrogens with zero attached hydrogens (tertiary/aromatic N) is 3. The van der Waals surface area contributed by atoms with Crippen LogP contribution in [0.3, 0.4) is 0 Å². The zero-order valence-electron chi connectivity index (χ0n) is 17.3. The summed E-state index contributed by atoms with van der Waals surface area (Å²) < 4.78 is 13.2. The summed E-state index contributed by atoms with van der Waals surface area (Å²) in [6.07, 6.45) is 7.71.